The van der Waals surface area contributed by atoms with Crippen molar-refractivity contribution < 1.29 is 4.39 Å². The van der Waals surface area contributed by atoms with E-state index in [4.69, 9.17) is 0 Å². The fraction of sp³-hybridized carbons (Fsp3) is 0.0870. The van der Waals surface area contributed by atoms with Crippen LogP contribution in [-0.2, 0) is 0 Å². The van der Waals surface area contributed by atoms with E-state index in [1.165, 1.54) is 12.1 Å². The molecule has 138 valence electrons. The van der Waals surface area contributed by atoms with E-state index in [9.17, 15) is 9.18 Å². The van der Waals surface area contributed by atoms with Crippen molar-refractivity contribution in [2.24, 2.45) is 4.99 Å². The zero-order valence-corrected chi connectivity index (χ0v) is 15.6. The Labute approximate surface area is 161 Å². The molecule has 5 heteroatoms. The van der Waals surface area contributed by atoms with Gasteiger partial charge in [-0.05, 0) is 61.4 Å². The first-order chi connectivity index (χ1) is 13.5. The second-order valence-electron chi connectivity index (χ2n) is 6.60. The predicted molar refractivity (Wildman–Crippen MR) is 110 cm³/mol. The summed E-state index contributed by atoms with van der Waals surface area (Å²) >= 11 is 0. The molecule has 4 nitrogen and oxygen atoms in total. The minimum atomic E-state index is -0.285. The molecule has 0 bridgehead atoms. The van der Waals surface area contributed by atoms with Gasteiger partial charge in [0.05, 0.1) is 22.3 Å². The second kappa shape index (κ2) is 7.19. The van der Waals surface area contributed by atoms with Gasteiger partial charge in [0, 0.05) is 6.21 Å². The highest BCUT2D eigenvalue weighted by Gasteiger charge is 2.11. The molecule has 1 aromatic heterocycles. The molecule has 0 aliphatic rings. The van der Waals surface area contributed by atoms with Gasteiger partial charge >= 0.3 is 0 Å². The van der Waals surface area contributed by atoms with Crippen molar-refractivity contribution >= 4 is 22.8 Å². The average Bonchev–Trinajstić information content (AvgIpc) is 2.69. The van der Waals surface area contributed by atoms with Crippen LogP contribution in [0.1, 0.15) is 17.0 Å². The number of para-hydroxylation sites is 1. The number of aryl methyl sites for hydroxylation is 2. The predicted octanol–water partition coefficient (Wildman–Crippen LogP) is 4.89. The Balaban J connectivity index is 1.77. The Bertz CT molecular complexity index is 1260. The van der Waals surface area contributed by atoms with E-state index >= 15 is 0 Å². The maximum Gasteiger partial charge on any atom is 0.265 e. The summed E-state index contributed by atoms with van der Waals surface area (Å²) < 4.78 is 14.6. The van der Waals surface area contributed by atoms with E-state index in [1.807, 2.05) is 38.1 Å². The molecular formula is C23H18FN3O. The monoisotopic (exact) mass is 371 g/mol. The van der Waals surface area contributed by atoms with Gasteiger partial charge in [-0.1, -0.05) is 30.3 Å². The van der Waals surface area contributed by atoms with E-state index in [1.54, 1.807) is 41.1 Å². The first-order valence-corrected chi connectivity index (χ1v) is 8.92. The quantitative estimate of drug-likeness (QED) is 0.481. The third-order valence-corrected chi connectivity index (χ3v) is 4.61. The Hall–Kier alpha value is -3.60. The van der Waals surface area contributed by atoms with Crippen molar-refractivity contribution in [1.82, 2.24) is 9.55 Å². The highest BCUT2D eigenvalue weighted by atomic mass is 19.1. The number of hydrogen-bond donors (Lipinski definition) is 0. The Morgan fingerprint density at radius 1 is 1.00 bits per heavy atom. The fourth-order valence-corrected chi connectivity index (χ4v) is 3.16. The smallest absolute Gasteiger partial charge is 0.265 e. The van der Waals surface area contributed by atoms with Gasteiger partial charge in [-0.3, -0.25) is 14.4 Å². The zero-order chi connectivity index (χ0) is 19.7. The standard InChI is InChI=1S/C23H18FN3O/c1-15-5-3-4-6-22(15)27-16(2)26-21-13-19(11-12-20(21)23(27)28)25-14-17-7-9-18(24)10-8-17/h3-14H,1-2H3. The molecule has 4 aromatic rings. The van der Waals surface area contributed by atoms with Gasteiger partial charge in [-0.2, -0.15) is 0 Å². The van der Waals surface area contributed by atoms with Crippen LogP contribution >= 0.6 is 0 Å². The molecular weight excluding hydrogens is 353 g/mol. The summed E-state index contributed by atoms with van der Waals surface area (Å²) in [6.45, 7) is 3.79. The molecule has 0 atom stereocenters. The molecule has 1 heterocycles. The van der Waals surface area contributed by atoms with Crippen LogP contribution in [0.15, 0.2) is 76.5 Å². The maximum atomic E-state index is 13.1. The molecule has 4 rings (SSSR count). The Morgan fingerprint density at radius 3 is 2.50 bits per heavy atom. The van der Waals surface area contributed by atoms with E-state index in [0.29, 0.717) is 22.4 Å². The lowest BCUT2D eigenvalue weighted by Gasteiger charge is -2.13. The lowest BCUT2D eigenvalue weighted by atomic mass is 10.1. The van der Waals surface area contributed by atoms with Crippen LogP contribution in [0, 0.1) is 19.7 Å². The number of aromatic nitrogens is 2. The minimum Gasteiger partial charge on any atom is -0.268 e. The summed E-state index contributed by atoms with van der Waals surface area (Å²) in [4.78, 5) is 22.1. The number of aliphatic imine (C=N–C) groups is 1. The number of halogens is 1. The van der Waals surface area contributed by atoms with Crippen LogP contribution in [0.2, 0.25) is 0 Å². The fourth-order valence-electron chi connectivity index (χ4n) is 3.16. The van der Waals surface area contributed by atoms with Crippen molar-refractivity contribution in [3.8, 4) is 5.69 Å². The summed E-state index contributed by atoms with van der Waals surface area (Å²) in [5.41, 5.74) is 3.80. The largest absolute Gasteiger partial charge is 0.268 e. The molecule has 0 fully saturated rings. The van der Waals surface area contributed by atoms with Gasteiger partial charge in [0.25, 0.3) is 5.56 Å². The molecule has 0 aliphatic carbocycles. The van der Waals surface area contributed by atoms with E-state index < -0.39 is 0 Å². The van der Waals surface area contributed by atoms with Crippen LogP contribution in [0.5, 0.6) is 0 Å². The van der Waals surface area contributed by atoms with Crippen molar-refractivity contribution in [3.63, 3.8) is 0 Å². The van der Waals surface area contributed by atoms with Crippen LogP contribution in [0.4, 0.5) is 10.1 Å². The summed E-state index contributed by atoms with van der Waals surface area (Å²) in [6.07, 6.45) is 1.65. The molecule has 0 radical (unpaired) electrons. The molecule has 0 saturated carbocycles. The van der Waals surface area contributed by atoms with Gasteiger partial charge < -0.3 is 0 Å². The van der Waals surface area contributed by atoms with Crippen LogP contribution < -0.4 is 5.56 Å². The molecule has 0 spiro atoms. The highest BCUT2D eigenvalue weighted by molar-refractivity contribution is 5.85. The first kappa shape index (κ1) is 17.8. The van der Waals surface area contributed by atoms with Crippen LogP contribution in [0.25, 0.3) is 16.6 Å². The van der Waals surface area contributed by atoms with E-state index in [2.05, 4.69) is 9.98 Å². The number of fused-ring (bicyclic) bond motifs is 1. The second-order valence-corrected chi connectivity index (χ2v) is 6.60. The lowest BCUT2D eigenvalue weighted by molar-refractivity contribution is 0.628. The van der Waals surface area contributed by atoms with Crippen molar-refractivity contribution in [2.75, 3.05) is 0 Å². The van der Waals surface area contributed by atoms with Gasteiger partial charge in [-0.15, -0.1) is 0 Å². The average molecular weight is 371 g/mol. The Morgan fingerprint density at radius 2 is 1.75 bits per heavy atom. The first-order valence-electron chi connectivity index (χ1n) is 8.92. The topological polar surface area (TPSA) is 47.2 Å². The third kappa shape index (κ3) is 3.34. The Kier molecular flexibility index (Phi) is 4.57. The van der Waals surface area contributed by atoms with Crippen molar-refractivity contribution in [1.29, 1.82) is 0 Å². The SMILES string of the molecule is Cc1ccccc1-n1c(C)nc2cc(N=Cc3ccc(F)cc3)ccc2c1=O. The number of hydrogen-bond acceptors (Lipinski definition) is 3. The molecule has 0 aliphatic heterocycles. The minimum absolute atomic E-state index is 0.106. The summed E-state index contributed by atoms with van der Waals surface area (Å²) in [5, 5.41) is 0.537. The van der Waals surface area contributed by atoms with Gasteiger partial charge in [-0.25, -0.2) is 9.37 Å². The summed E-state index contributed by atoms with van der Waals surface area (Å²) in [5.74, 6) is 0.332. The van der Waals surface area contributed by atoms with Gasteiger partial charge in [0.2, 0.25) is 0 Å². The molecule has 28 heavy (non-hydrogen) atoms. The van der Waals surface area contributed by atoms with Gasteiger partial charge in [0.15, 0.2) is 0 Å². The number of nitrogens with zero attached hydrogens (tertiary/aromatic N) is 3. The van der Waals surface area contributed by atoms with Crippen molar-refractivity contribution in [3.05, 3.63) is 99.9 Å². The summed E-state index contributed by atoms with van der Waals surface area (Å²) in [6, 6.07) is 19.1. The third-order valence-electron chi connectivity index (χ3n) is 4.61. The van der Waals surface area contributed by atoms with E-state index in [-0.39, 0.29) is 11.4 Å². The van der Waals surface area contributed by atoms with Crippen LogP contribution in [0.3, 0.4) is 0 Å². The number of benzene rings is 3. The highest BCUT2D eigenvalue weighted by Crippen LogP contribution is 2.20. The molecule has 0 N–H and O–H groups in total. The molecule has 0 unspecified atom stereocenters. The molecule has 0 amide bonds. The molecule has 3 aromatic carbocycles. The van der Waals surface area contributed by atoms with Gasteiger partial charge in [0.1, 0.15) is 11.6 Å². The van der Waals surface area contributed by atoms with Crippen molar-refractivity contribution in [2.45, 2.75) is 13.8 Å². The zero-order valence-electron chi connectivity index (χ0n) is 15.6. The van der Waals surface area contributed by atoms with E-state index in [0.717, 1.165) is 16.8 Å². The number of rotatable bonds is 3. The van der Waals surface area contributed by atoms with Crippen LogP contribution in [-0.4, -0.2) is 15.8 Å². The summed E-state index contributed by atoms with van der Waals surface area (Å²) in [7, 11) is 0. The lowest BCUT2D eigenvalue weighted by Crippen LogP contribution is -2.22. The normalized spacial score (nSPS) is 11.4. The maximum absolute atomic E-state index is 13.1. The molecule has 0 saturated heterocycles.